The smallest absolute Gasteiger partial charge is 0.311 e. The molecular formula is C15H25NO4. The van der Waals surface area contributed by atoms with E-state index in [1.807, 2.05) is 13.8 Å². The summed E-state index contributed by atoms with van der Waals surface area (Å²) in [4.78, 5) is 37.4. The van der Waals surface area contributed by atoms with Crippen LogP contribution in [0.1, 0.15) is 59.8 Å². The number of imide groups is 1. The minimum Gasteiger partial charge on any atom is -0.481 e. The van der Waals surface area contributed by atoms with Crippen LogP contribution in [0, 0.1) is 10.8 Å². The summed E-state index contributed by atoms with van der Waals surface area (Å²) < 4.78 is 0. The third kappa shape index (κ3) is 2.45. The van der Waals surface area contributed by atoms with E-state index in [0.717, 1.165) is 0 Å². The van der Waals surface area contributed by atoms with Crippen molar-refractivity contribution in [3.05, 3.63) is 0 Å². The van der Waals surface area contributed by atoms with Gasteiger partial charge in [0.2, 0.25) is 11.8 Å². The Balaban J connectivity index is 3.06. The molecule has 1 rings (SSSR count). The van der Waals surface area contributed by atoms with Crippen LogP contribution in [-0.4, -0.2) is 34.3 Å². The quantitative estimate of drug-likeness (QED) is 0.728. The van der Waals surface area contributed by atoms with Crippen LogP contribution in [0.3, 0.4) is 0 Å². The third-order valence-corrected chi connectivity index (χ3v) is 5.11. The van der Waals surface area contributed by atoms with E-state index >= 15 is 0 Å². The molecule has 0 aromatic heterocycles. The number of carbonyl (C=O) groups excluding carboxylic acids is 2. The third-order valence-electron chi connectivity index (χ3n) is 5.11. The first-order chi connectivity index (χ1) is 9.32. The molecule has 2 amide bonds. The van der Waals surface area contributed by atoms with Crippen LogP contribution in [0.15, 0.2) is 0 Å². The van der Waals surface area contributed by atoms with Gasteiger partial charge in [0.25, 0.3) is 0 Å². The number of carbonyl (C=O) groups is 3. The lowest BCUT2D eigenvalue weighted by Gasteiger charge is -2.32. The molecule has 0 aromatic rings. The molecule has 1 heterocycles. The highest BCUT2D eigenvalue weighted by Gasteiger charge is 2.51. The molecule has 0 atom stereocenters. The van der Waals surface area contributed by atoms with Gasteiger partial charge in [-0.3, -0.25) is 19.3 Å². The Bertz CT molecular complexity index is 408. The molecule has 114 valence electrons. The first kappa shape index (κ1) is 16.7. The predicted octanol–water partition coefficient (Wildman–Crippen LogP) is 2.44. The summed E-state index contributed by atoms with van der Waals surface area (Å²) in [7, 11) is 0. The van der Waals surface area contributed by atoms with Gasteiger partial charge in [0.05, 0.1) is 10.8 Å². The largest absolute Gasteiger partial charge is 0.481 e. The van der Waals surface area contributed by atoms with E-state index in [0.29, 0.717) is 25.7 Å². The normalized spacial score (nSPS) is 18.7. The summed E-state index contributed by atoms with van der Waals surface area (Å²) in [6, 6.07) is 0. The second-order valence-electron chi connectivity index (χ2n) is 5.74. The van der Waals surface area contributed by atoms with Crippen LogP contribution in [0.5, 0.6) is 0 Å². The van der Waals surface area contributed by atoms with E-state index in [1.54, 1.807) is 13.8 Å². The van der Waals surface area contributed by atoms with Gasteiger partial charge in [-0.2, -0.15) is 0 Å². The van der Waals surface area contributed by atoms with Crippen LogP contribution in [-0.2, 0) is 14.4 Å². The van der Waals surface area contributed by atoms with Crippen LogP contribution in [0.25, 0.3) is 0 Å². The maximum atomic E-state index is 12.5. The summed E-state index contributed by atoms with van der Waals surface area (Å²) >= 11 is 0. The summed E-state index contributed by atoms with van der Waals surface area (Å²) in [5.74, 6) is -1.36. The fraction of sp³-hybridized carbons (Fsp3) is 0.800. The summed E-state index contributed by atoms with van der Waals surface area (Å²) in [6.07, 6.45) is 2.25. The van der Waals surface area contributed by atoms with Crippen molar-refractivity contribution in [3.63, 3.8) is 0 Å². The zero-order chi connectivity index (χ0) is 15.6. The summed E-state index contributed by atoms with van der Waals surface area (Å²) in [6.45, 7) is 7.38. The molecule has 1 saturated heterocycles. The number of carboxylic acid groups (broad SMARTS) is 1. The van der Waals surface area contributed by atoms with Gasteiger partial charge in [-0.15, -0.1) is 0 Å². The van der Waals surface area contributed by atoms with Crippen molar-refractivity contribution in [3.8, 4) is 0 Å². The molecule has 0 radical (unpaired) electrons. The molecule has 5 nitrogen and oxygen atoms in total. The van der Waals surface area contributed by atoms with Gasteiger partial charge in [-0.25, -0.2) is 0 Å². The van der Waals surface area contributed by atoms with Crippen LogP contribution >= 0.6 is 0 Å². The maximum Gasteiger partial charge on any atom is 0.311 e. The van der Waals surface area contributed by atoms with Crippen molar-refractivity contribution in [1.29, 1.82) is 0 Å². The SMILES string of the molecule is CCC(CC)(CN1C(=O)CC(CC)(CC)C1=O)C(=O)O. The Morgan fingerprint density at radius 3 is 2.00 bits per heavy atom. The van der Waals surface area contributed by atoms with E-state index in [-0.39, 0.29) is 24.8 Å². The molecule has 0 spiro atoms. The number of amides is 2. The number of aliphatic carboxylic acids is 1. The molecule has 0 unspecified atom stereocenters. The predicted molar refractivity (Wildman–Crippen MR) is 75.0 cm³/mol. The average molecular weight is 283 g/mol. The van der Waals surface area contributed by atoms with Crippen LogP contribution < -0.4 is 0 Å². The molecule has 1 aliphatic heterocycles. The number of hydrogen-bond donors (Lipinski definition) is 1. The number of nitrogens with zero attached hydrogens (tertiary/aromatic N) is 1. The Kier molecular flexibility index (Phi) is 4.95. The Morgan fingerprint density at radius 2 is 1.70 bits per heavy atom. The molecule has 1 N–H and O–H groups in total. The average Bonchev–Trinajstić information content (AvgIpc) is 2.68. The summed E-state index contributed by atoms with van der Waals surface area (Å²) in [5.41, 5.74) is -1.65. The first-order valence-corrected chi connectivity index (χ1v) is 7.40. The van der Waals surface area contributed by atoms with Crippen molar-refractivity contribution >= 4 is 17.8 Å². The van der Waals surface area contributed by atoms with E-state index in [9.17, 15) is 19.5 Å². The van der Waals surface area contributed by atoms with Gasteiger partial charge < -0.3 is 5.11 Å². The van der Waals surface area contributed by atoms with Crippen molar-refractivity contribution < 1.29 is 19.5 Å². The van der Waals surface area contributed by atoms with Gasteiger partial charge in [0.15, 0.2) is 0 Å². The number of carboxylic acids is 1. The van der Waals surface area contributed by atoms with Crippen molar-refractivity contribution in [2.45, 2.75) is 59.8 Å². The van der Waals surface area contributed by atoms with E-state index in [4.69, 9.17) is 0 Å². The molecule has 0 aliphatic carbocycles. The molecule has 0 bridgehead atoms. The highest BCUT2D eigenvalue weighted by molar-refractivity contribution is 6.06. The molecule has 5 heteroatoms. The van der Waals surface area contributed by atoms with Crippen LogP contribution in [0.2, 0.25) is 0 Å². The maximum absolute atomic E-state index is 12.5. The molecule has 1 fully saturated rings. The highest BCUT2D eigenvalue weighted by Crippen LogP contribution is 2.41. The fourth-order valence-corrected chi connectivity index (χ4v) is 2.97. The van der Waals surface area contributed by atoms with Gasteiger partial charge in [0, 0.05) is 13.0 Å². The second-order valence-corrected chi connectivity index (χ2v) is 5.74. The van der Waals surface area contributed by atoms with Crippen LogP contribution in [0.4, 0.5) is 0 Å². The van der Waals surface area contributed by atoms with Gasteiger partial charge in [-0.05, 0) is 25.7 Å². The molecule has 20 heavy (non-hydrogen) atoms. The molecule has 0 saturated carbocycles. The molecule has 1 aliphatic rings. The number of hydrogen-bond acceptors (Lipinski definition) is 3. The molecular weight excluding hydrogens is 258 g/mol. The topological polar surface area (TPSA) is 74.7 Å². The Labute approximate surface area is 120 Å². The van der Waals surface area contributed by atoms with E-state index in [1.165, 1.54) is 4.90 Å². The first-order valence-electron chi connectivity index (χ1n) is 7.40. The lowest BCUT2D eigenvalue weighted by molar-refractivity contribution is -0.154. The minimum atomic E-state index is -1.02. The number of rotatable bonds is 7. The van der Waals surface area contributed by atoms with Gasteiger partial charge >= 0.3 is 5.97 Å². The summed E-state index contributed by atoms with van der Waals surface area (Å²) in [5, 5.41) is 9.45. The Hall–Kier alpha value is -1.39. The lowest BCUT2D eigenvalue weighted by Crippen LogP contribution is -2.46. The monoisotopic (exact) mass is 283 g/mol. The zero-order valence-corrected chi connectivity index (χ0v) is 12.9. The second kappa shape index (κ2) is 5.94. The van der Waals surface area contributed by atoms with E-state index < -0.39 is 16.8 Å². The van der Waals surface area contributed by atoms with Gasteiger partial charge in [-0.1, -0.05) is 27.7 Å². The highest BCUT2D eigenvalue weighted by atomic mass is 16.4. The molecule has 0 aromatic carbocycles. The fourth-order valence-electron chi connectivity index (χ4n) is 2.97. The zero-order valence-electron chi connectivity index (χ0n) is 12.9. The van der Waals surface area contributed by atoms with Crippen molar-refractivity contribution in [2.24, 2.45) is 10.8 Å². The van der Waals surface area contributed by atoms with Gasteiger partial charge in [0.1, 0.15) is 0 Å². The standard InChI is InChI=1S/C15H25NO4/c1-5-14(6-2)9-11(17)16(12(14)18)10-15(7-3,8-4)13(19)20/h5-10H2,1-4H3,(H,19,20). The van der Waals surface area contributed by atoms with Crippen molar-refractivity contribution in [1.82, 2.24) is 4.90 Å². The van der Waals surface area contributed by atoms with Crippen molar-refractivity contribution in [2.75, 3.05) is 6.54 Å². The number of likely N-dealkylation sites (tertiary alicyclic amines) is 1. The lowest BCUT2D eigenvalue weighted by atomic mass is 9.80. The minimum absolute atomic E-state index is 0.00521. The Morgan fingerprint density at radius 1 is 1.20 bits per heavy atom. The van der Waals surface area contributed by atoms with E-state index in [2.05, 4.69) is 0 Å².